The van der Waals surface area contributed by atoms with Crippen LogP contribution in [0.3, 0.4) is 0 Å². The highest BCUT2D eigenvalue weighted by Gasteiger charge is 2.10. The maximum atomic E-state index is 9.51. The van der Waals surface area contributed by atoms with Crippen molar-refractivity contribution in [2.45, 2.75) is 25.7 Å². The SMILES string of the molecule is Oc1cccc(-c2ccc3c(c2)CCCC3)c1. The van der Waals surface area contributed by atoms with Gasteiger partial charge in [0.05, 0.1) is 0 Å². The zero-order valence-corrected chi connectivity index (χ0v) is 9.82. The molecule has 0 heterocycles. The van der Waals surface area contributed by atoms with E-state index in [9.17, 15) is 5.11 Å². The fraction of sp³-hybridized carbons (Fsp3) is 0.250. The number of aromatic hydroxyl groups is 1. The van der Waals surface area contributed by atoms with Gasteiger partial charge in [-0.05, 0) is 60.1 Å². The Morgan fingerprint density at radius 3 is 2.35 bits per heavy atom. The van der Waals surface area contributed by atoms with Gasteiger partial charge in [0.1, 0.15) is 5.75 Å². The summed E-state index contributed by atoms with van der Waals surface area (Å²) < 4.78 is 0. The third kappa shape index (κ3) is 2.05. The Bertz CT molecular complexity index is 543. The molecule has 0 bridgehead atoms. The molecule has 0 radical (unpaired) electrons. The molecule has 2 aromatic rings. The molecule has 0 atom stereocenters. The van der Waals surface area contributed by atoms with Crippen molar-refractivity contribution >= 4 is 0 Å². The molecule has 2 aromatic carbocycles. The van der Waals surface area contributed by atoms with Gasteiger partial charge in [0.2, 0.25) is 0 Å². The van der Waals surface area contributed by atoms with E-state index in [0.717, 1.165) is 5.56 Å². The van der Waals surface area contributed by atoms with Crippen LogP contribution in [-0.2, 0) is 12.8 Å². The molecule has 0 spiro atoms. The molecule has 17 heavy (non-hydrogen) atoms. The predicted molar refractivity (Wildman–Crippen MR) is 70.2 cm³/mol. The van der Waals surface area contributed by atoms with Gasteiger partial charge < -0.3 is 5.11 Å². The summed E-state index contributed by atoms with van der Waals surface area (Å²) in [5.74, 6) is 0.334. The first kappa shape index (κ1) is 10.4. The van der Waals surface area contributed by atoms with Crippen molar-refractivity contribution in [3.05, 3.63) is 53.6 Å². The fourth-order valence-corrected chi connectivity index (χ4v) is 2.60. The van der Waals surface area contributed by atoms with Crippen LogP contribution in [0, 0.1) is 0 Å². The summed E-state index contributed by atoms with van der Waals surface area (Å²) in [6, 6.07) is 14.2. The summed E-state index contributed by atoms with van der Waals surface area (Å²) in [7, 11) is 0. The molecular formula is C16H16O. The molecule has 1 heteroatoms. The van der Waals surface area contributed by atoms with Crippen LogP contribution in [-0.4, -0.2) is 5.11 Å². The summed E-state index contributed by atoms with van der Waals surface area (Å²) in [5.41, 5.74) is 5.29. The van der Waals surface area contributed by atoms with Gasteiger partial charge in [-0.25, -0.2) is 0 Å². The lowest BCUT2D eigenvalue weighted by Crippen LogP contribution is -2.02. The molecule has 0 aromatic heterocycles. The van der Waals surface area contributed by atoms with E-state index in [1.54, 1.807) is 6.07 Å². The molecule has 0 saturated heterocycles. The van der Waals surface area contributed by atoms with Crippen LogP contribution < -0.4 is 0 Å². The van der Waals surface area contributed by atoms with Crippen LogP contribution in [0.1, 0.15) is 24.0 Å². The Balaban J connectivity index is 2.04. The quantitative estimate of drug-likeness (QED) is 0.778. The summed E-state index contributed by atoms with van der Waals surface area (Å²) >= 11 is 0. The summed E-state index contributed by atoms with van der Waals surface area (Å²) in [6.07, 6.45) is 5.03. The molecule has 0 fully saturated rings. The smallest absolute Gasteiger partial charge is 0.116 e. The normalized spacial score (nSPS) is 14.4. The molecule has 0 aliphatic heterocycles. The highest BCUT2D eigenvalue weighted by atomic mass is 16.3. The average Bonchev–Trinajstić information content (AvgIpc) is 2.38. The topological polar surface area (TPSA) is 20.2 Å². The number of fused-ring (bicyclic) bond motifs is 1. The van der Waals surface area contributed by atoms with Crippen molar-refractivity contribution in [3.63, 3.8) is 0 Å². The van der Waals surface area contributed by atoms with Crippen LogP contribution in [0.4, 0.5) is 0 Å². The van der Waals surface area contributed by atoms with Crippen molar-refractivity contribution in [3.8, 4) is 16.9 Å². The van der Waals surface area contributed by atoms with Gasteiger partial charge >= 0.3 is 0 Å². The number of phenolic OH excluding ortho intramolecular Hbond substituents is 1. The summed E-state index contributed by atoms with van der Waals surface area (Å²) in [4.78, 5) is 0. The first-order valence-electron chi connectivity index (χ1n) is 6.24. The van der Waals surface area contributed by atoms with E-state index in [4.69, 9.17) is 0 Å². The van der Waals surface area contributed by atoms with Gasteiger partial charge in [0.25, 0.3) is 0 Å². The molecule has 1 nitrogen and oxygen atoms in total. The van der Waals surface area contributed by atoms with Gasteiger partial charge in [-0.1, -0.05) is 30.3 Å². The van der Waals surface area contributed by atoms with Crippen molar-refractivity contribution in [1.82, 2.24) is 0 Å². The Kier molecular flexibility index (Phi) is 2.60. The predicted octanol–water partition coefficient (Wildman–Crippen LogP) is 3.94. The minimum absolute atomic E-state index is 0.334. The minimum atomic E-state index is 0.334. The van der Waals surface area contributed by atoms with E-state index < -0.39 is 0 Å². The number of rotatable bonds is 1. The summed E-state index contributed by atoms with van der Waals surface area (Å²) in [6.45, 7) is 0. The van der Waals surface area contributed by atoms with Gasteiger partial charge in [0, 0.05) is 0 Å². The van der Waals surface area contributed by atoms with E-state index in [0.29, 0.717) is 5.75 Å². The molecule has 1 aliphatic carbocycles. The number of aryl methyl sites for hydroxylation is 2. The van der Waals surface area contributed by atoms with Crippen LogP contribution >= 0.6 is 0 Å². The third-order valence-electron chi connectivity index (χ3n) is 3.53. The molecular weight excluding hydrogens is 208 g/mol. The number of hydrogen-bond acceptors (Lipinski definition) is 1. The third-order valence-corrected chi connectivity index (χ3v) is 3.53. The lowest BCUT2D eigenvalue weighted by atomic mass is 9.89. The monoisotopic (exact) mass is 224 g/mol. The van der Waals surface area contributed by atoms with Gasteiger partial charge in [-0.2, -0.15) is 0 Å². The Labute approximate surface area is 102 Å². The number of phenols is 1. The largest absolute Gasteiger partial charge is 0.508 e. The molecule has 1 N–H and O–H groups in total. The number of hydrogen-bond donors (Lipinski definition) is 1. The molecule has 0 amide bonds. The second-order valence-electron chi connectivity index (χ2n) is 4.74. The molecule has 86 valence electrons. The van der Waals surface area contributed by atoms with E-state index in [1.165, 1.54) is 42.4 Å². The van der Waals surface area contributed by atoms with Gasteiger partial charge in [-0.15, -0.1) is 0 Å². The molecule has 0 saturated carbocycles. The van der Waals surface area contributed by atoms with Crippen molar-refractivity contribution in [2.75, 3.05) is 0 Å². The molecule has 1 aliphatic rings. The van der Waals surface area contributed by atoms with Gasteiger partial charge in [-0.3, -0.25) is 0 Å². The van der Waals surface area contributed by atoms with Crippen LogP contribution in [0.25, 0.3) is 11.1 Å². The Morgan fingerprint density at radius 1 is 0.765 bits per heavy atom. The van der Waals surface area contributed by atoms with Crippen LogP contribution in [0.5, 0.6) is 5.75 Å². The van der Waals surface area contributed by atoms with Crippen molar-refractivity contribution in [1.29, 1.82) is 0 Å². The van der Waals surface area contributed by atoms with Gasteiger partial charge in [0.15, 0.2) is 0 Å². The van der Waals surface area contributed by atoms with E-state index in [-0.39, 0.29) is 0 Å². The number of benzene rings is 2. The fourth-order valence-electron chi connectivity index (χ4n) is 2.60. The van der Waals surface area contributed by atoms with E-state index in [1.807, 2.05) is 18.2 Å². The van der Waals surface area contributed by atoms with E-state index >= 15 is 0 Å². The maximum Gasteiger partial charge on any atom is 0.116 e. The Hall–Kier alpha value is -1.76. The highest BCUT2D eigenvalue weighted by Crippen LogP contribution is 2.28. The lowest BCUT2D eigenvalue weighted by Gasteiger charge is -2.16. The average molecular weight is 224 g/mol. The van der Waals surface area contributed by atoms with Crippen LogP contribution in [0.15, 0.2) is 42.5 Å². The minimum Gasteiger partial charge on any atom is -0.508 e. The first-order valence-corrected chi connectivity index (χ1v) is 6.24. The molecule has 3 rings (SSSR count). The second kappa shape index (κ2) is 4.25. The van der Waals surface area contributed by atoms with Crippen molar-refractivity contribution in [2.24, 2.45) is 0 Å². The molecule has 0 unspecified atom stereocenters. The first-order chi connectivity index (χ1) is 8.33. The zero-order chi connectivity index (χ0) is 11.7. The Morgan fingerprint density at radius 2 is 1.53 bits per heavy atom. The van der Waals surface area contributed by atoms with Crippen LogP contribution in [0.2, 0.25) is 0 Å². The summed E-state index contributed by atoms with van der Waals surface area (Å²) in [5, 5.41) is 9.51. The second-order valence-corrected chi connectivity index (χ2v) is 4.74. The van der Waals surface area contributed by atoms with Crippen molar-refractivity contribution < 1.29 is 5.11 Å². The maximum absolute atomic E-state index is 9.51. The lowest BCUT2D eigenvalue weighted by molar-refractivity contribution is 0.475. The standard InChI is InChI=1S/C16H16O/c17-16-7-3-6-14(11-16)15-9-8-12-4-1-2-5-13(12)10-15/h3,6-11,17H,1-2,4-5H2. The zero-order valence-electron chi connectivity index (χ0n) is 9.82. The highest BCUT2D eigenvalue weighted by molar-refractivity contribution is 5.66. The van der Waals surface area contributed by atoms with E-state index in [2.05, 4.69) is 18.2 Å².